The second-order valence-electron chi connectivity index (χ2n) is 15.8. The van der Waals surface area contributed by atoms with Crippen molar-refractivity contribution in [3.63, 3.8) is 0 Å². The molecule has 1 saturated heterocycles. The third-order valence-electron chi connectivity index (χ3n) is 11.1. The van der Waals surface area contributed by atoms with Crippen molar-refractivity contribution in [3.8, 4) is 33.7 Å². The Balaban J connectivity index is 0.903. The number of oxazole rings is 1. The van der Waals surface area contributed by atoms with Gasteiger partial charge in [-0.05, 0) is 64.9 Å². The number of para-hydroxylation sites is 2. The number of hydrogen-bond acceptors (Lipinski definition) is 9. The van der Waals surface area contributed by atoms with Gasteiger partial charge >= 0.3 is 0 Å². The normalized spacial score (nSPS) is 16.0. The number of rotatable bonds is 18. The fraction of sp³-hybridized carbons (Fsp3) is 0.226. The summed E-state index contributed by atoms with van der Waals surface area (Å²) >= 11 is 1.53. The zero-order valence-corrected chi connectivity index (χ0v) is 36.3. The van der Waals surface area contributed by atoms with Crippen LogP contribution in [0.1, 0.15) is 73.2 Å². The van der Waals surface area contributed by atoms with Gasteiger partial charge in [-0.2, -0.15) is 0 Å². The molecule has 0 unspecified atom stereocenters. The van der Waals surface area contributed by atoms with Crippen LogP contribution in [0.5, 0.6) is 0 Å². The first kappa shape index (κ1) is 44.1. The number of amides is 2. The van der Waals surface area contributed by atoms with Crippen molar-refractivity contribution < 1.29 is 28.6 Å². The maximum atomic E-state index is 12.8. The van der Waals surface area contributed by atoms with Crippen LogP contribution in [-0.2, 0) is 32.2 Å². The molecular formula is C53H52N4O6S. The number of anilines is 2. The summed E-state index contributed by atoms with van der Waals surface area (Å²) in [5.74, 6) is 1.21. The smallest absolute Gasteiger partial charge is 0.256 e. The largest absolute Gasteiger partial charge is 0.431 e. The van der Waals surface area contributed by atoms with Crippen molar-refractivity contribution in [1.82, 2.24) is 10.3 Å². The summed E-state index contributed by atoms with van der Waals surface area (Å²) in [7, 11) is 0. The van der Waals surface area contributed by atoms with Crippen LogP contribution >= 0.6 is 11.8 Å². The molecule has 0 radical (unpaired) electrons. The van der Waals surface area contributed by atoms with Crippen LogP contribution in [0, 0.1) is 0 Å². The molecule has 10 nitrogen and oxygen atoms in total. The number of nitrogen functional groups attached to an aromatic ring is 1. The molecule has 64 heavy (non-hydrogen) atoms. The van der Waals surface area contributed by atoms with E-state index in [1.807, 2.05) is 121 Å². The lowest BCUT2D eigenvalue weighted by atomic mass is 9.99. The van der Waals surface area contributed by atoms with Crippen LogP contribution in [0.3, 0.4) is 0 Å². The molecule has 0 aliphatic carbocycles. The van der Waals surface area contributed by atoms with Crippen molar-refractivity contribution in [1.29, 1.82) is 0 Å². The Morgan fingerprint density at radius 3 is 2.09 bits per heavy atom. The van der Waals surface area contributed by atoms with Crippen LogP contribution in [0.4, 0.5) is 11.4 Å². The zero-order chi connectivity index (χ0) is 44.1. The lowest BCUT2D eigenvalue weighted by Crippen LogP contribution is -2.31. The van der Waals surface area contributed by atoms with Gasteiger partial charge in [-0.3, -0.25) is 9.59 Å². The highest BCUT2D eigenvalue weighted by molar-refractivity contribution is 7.99. The first-order chi connectivity index (χ1) is 31.4. The number of carbonyl (C=O) groups is 2. The number of aliphatic hydroxyl groups excluding tert-OH is 1. The number of nitrogens with two attached hydrogens (primary N) is 1. The predicted octanol–water partition coefficient (Wildman–Crippen LogP) is 11.3. The lowest BCUT2D eigenvalue weighted by Gasteiger charge is -2.36. The predicted molar refractivity (Wildman–Crippen MR) is 253 cm³/mol. The van der Waals surface area contributed by atoms with Crippen molar-refractivity contribution in [2.45, 2.75) is 75.4 Å². The van der Waals surface area contributed by atoms with E-state index in [1.54, 1.807) is 12.1 Å². The monoisotopic (exact) mass is 872 g/mol. The van der Waals surface area contributed by atoms with Crippen LogP contribution in [0.15, 0.2) is 167 Å². The number of benzene rings is 6. The summed E-state index contributed by atoms with van der Waals surface area (Å²) in [6, 6.07) is 51.6. The number of aromatic nitrogens is 1. The van der Waals surface area contributed by atoms with Gasteiger partial charge in [-0.25, -0.2) is 4.98 Å². The highest BCUT2D eigenvalue weighted by Crippen LogP contribution is 2.42. The number of nitrogens with one attached hydrogen (secondary N) is 2. The molecule has 8 rings (SSSR count). The standard InChI is InChI=1S/C53H52N4O6S/c54-45-22-10-11-23-46(45)56-49(60)25-9-3-8-24-48(59)55-33-37-14-12-19-41(30-37)42-20-13-21-43(31-42)52-61-44(32-47(62-52)38-28-26-36(34-58)27-29-38)35-64-53-57-50(39-15-4-1-5-16-39)51(63-53)40-17-6-2-7-18-40/h1-2,4-7,10-23,26-31,44,47,52,58H,3,8-9,24-25,32-35,54H2,(H,55,59)(H,56,60)/t44-,47+,52+/m1/s1. The number of unbranched alkanes of at least 4 members (excludes halogenated alkanes) is 2. The van der Waals surface area contributed by atoms with Gasteiger partial charge in [-0.1, -0.05) is 152 Å². The maximum absolute atomic E-state index is 12.8. The van der Waals surface area contributed by atoms with Crippen molar-refractivity contribution >= 4 is 35.0 Å². The molecule has 1 aliphatic rings. The maximum Gasteiger partial charge on any atom is 0.256 e. The molecule has 1 fully saturated rings. The number of hydrogen-bond donors (Lipinski definition) is 4. The summed E-state index contributed by atoms with van der Waals surface area (Å²) in [5.41, 5.74) is 15.6. The van der Waals surface area contributed by atoms with Gasteiger partial charge in [0.1, 0.15) is 5.69 Å². The van der Waals surface area contributed by atoms with Crippen molar-refractivity contribution in [3.05, 3.63) is 180 Å². The van der Waals surface area contributed by atoms with E-state index in [9.17, 15) is 14.7 Å². The third kappa shape index (κ3) is 11.7. The summed E-state index contributed by atoms with van der Waals surface area (Å²) in [4.78, 5) is 30.1. The molecule has 2 heterocycles. The second-order valence-corrected chi connectivity index (χ2v) is 16.8. The quantitative estimate of drug-likeness (QED) is 0.0375. The van der Waals surface area contributed by atoms with Crippen LogP contribution < -0.4 is 16.4 Å². The minimum Gasteiger partial charge on any atom is -0.431 e. The van der Waals surface area contributed by atoms with E-state index in [-0.39, 0.29) is 30.6 Å². The Hall–Kier alpha value is -6.50. The van der Waals surface area contributed by atoms with Gasteiger partial charge in [0.15, 0.2) is 12.1 Å². The average Bonchev–Trinajstić information content (AvgIpc) is 3.78. The molecule has 1 aromatic heterocycles. The van der Waals surface area contributed by atoms with Crippen LogP contribution in [0.2, 0.25) is 0 Å². The summed E-state index contributed by atoms with van der Waals surface area (Å²) < 4.78 is 19.9. The van der Waals surface area contributed by atoms with Gasteiger partial charge < -0.3 is 35.4 Å². The van der Waals surface area contributed by atoms with Crippen molar-refractivity contribution in [2.75, 3.05) is 16.8 Å². The Bertz CT molecular complexity index is 2560. The molecule has 5 N–H and O–H groups in total. The number of carbonyl (C=O) groups excluding carboxylic acids is 2. The molecule has 7 aromatic rings. The molecule has 2 amide bonds. The van der Waals surface area contributed by atoms with E-state index in [4.69, 9.17) is 24.6 Å². The summed E-state index contributed by atoms with van der Waals surface area (Å²) in [5, 5.41) is 16.2. The number of aliphatic hydroxyl groups is 1. The van der Waals surface area contributed by atoms with E-state index in [2.05, 4.69) is 34.9 Å². The minimum absolute atomic E-state index is 0.0233. The second kappa shape index (κ2) is 21.7. The third-order valence-corrected chi connectivity index (χ3v) is 12.1. The molecule has 3 atom stereocenters. The first-order valence-electron chi connectivity index (χ1n) is 21.7. The zero-order valence-electron chi connectivity index (χ0n) is 35.5. The number of ether oxygens (including phenoxy) is 2. The average molecular weight is 873 g/mol. The number of thioether (sulfide) groups is 1. The SMILES string of the molecule is Nc1ccccc1NC(=O)CCCCCC(=O)NCc1cccc(-c2cccc([C@H]3O[C@@H](CSc4nc(-c5ccccc5)c(-c5ccccc5)o4)C[C@@H](c4ccc(CO)cc4)O3)c2)c1. The molecule has 0 bridgehead atoms. The molecule has 0 saturated carbocycles. The highest BCUT2D eigenvalue weighted by atomic mass is 32.2. The molecule has 0 spiro atoms. The van der Waals surface area contributed by atoms with E-state index < -0.39 is 6.29 Å². The van der Waals surface area contributed by atoms with Gasteiger partial charge in [-0.15, -0.1) is 0 Å². The number of nitrogens with zero attached hydrogens (tertiary/aromatic N) is 1. The molecular weight excluding hydrogens is 821 g/mol. The lowest BCUT2D eigenvalue weighted by molar-refractivity contribution is -0.245. The Morgan fingerprint density at radius 1 is 0.672 bits per heavy atom. The van der Waals surface area contributed by atoms with Gasteiger partial charge in [0.05, 0.1) is 30.2 Å². The first-order valence-corrected chi connectivity index (χ1v) is 22.7. The van der Waals surface area contributed by atoms with Crippen molar-refractivity contribution in [2.24, 2.45) is 0 Å². The molecule has 11 heteroatoms. The van der Waals surface area contributed by atoms with E-state index in [0.29, 0.717) is 61.0 Å². The van der Waals surface area contributed by atoms with Gasteiger partial charge in [0.25, 0.3) is 5.22 Å². The fourth-order valence-corrected chi connectivity index (χ4v) is 8.55. The fourth-order valence-electron chi connectivity index (χ4n) is 7.71. The highest BCUT2D eigenvalue weighted by Gasteiger charge is 2.33. The molecule has 1 aliphatic heterocycles. The minimum atomic E-state index is -0.648. The van der Waals surface area contributed by atoms with Crippen LogP contribution in [-0.4, -0.2) is 33.8 Å². The van der Waals surface area contributed by atoms with Gasteiger partial charge in [0.2, 0.25) is 11.8 Å². The molecule has 6 aromatic carbocycles. The Kier molecular flexibility index (Phi) is 15.0. The van der Waals surface area contributed by atoms with E-state index >= 15 is 0 Å². The van der Waals surface area contributed by atoms with Crippen LogP contribution in [0.25, 0.3) is 33.7 Å². The topological polar surface area (TPSA) is 149 Å². The Morgan fingerprint density at radius 2 is 1.34 bits per heavy atom. The Labute approximate surface area is 378 Å². The summed E-state index contributed by atoms with van der Waals surface area (Å²) in [6.07, 6.45) is 2.44. The molecule has 326 valence electrons. The van der Waals surface area contributed by atoms with Gasteiger partial charge in [0, 0.05) is 48.3 Å². The van der Waals surface area contributed by atoms with E-state index in [0.717, 1.165) is 62.4 Å². The summed E-state index contributed by atoms with van der Waals surface area (Å²) in [6.45, 7) is 0.376. The van der Waals surface area contributed by atoms with E-state index in [1.165, 1.54) is 11.8 Å².